The highest BCUT2D eigenvalue weighted by Gasteiger charge is 2.13. The molecule has 2 nitrogen and oxygen atoms in total. The maximum Gasteiger partial charge on any atom is 0.161 e. The van der Waals surface area contributed by atoms with Crippen molar-refractivity contribution in [2.75, 3.05) is 0 Å². The van der Waals surface area contributed by atoms with Crippen LogP contribution in [-0.4, -0.2) is 18.0 Å². The topological polar surface area (TPSA) is 26.3 Å². The summed E-state index contributed by atoms with van der Waals surface area (Å²) >= 11 is 0. The van der Waals surface area contributed by atoms with Gasteiger partial charge in [0.1, 0.15) is 6.10 Å². The van der Waals surface area contributed by atoms with Crippen molar-refractivity contribution in [2.24, 2.45) is 0 Å². The Morgan fingerprint density at radius 2 is 1.92 bits per heavy atom. The van der Waals surface area contributed by atoms with Crippen LogP contribution in [0.25, 0.3) is 0 Å². The van der Waals surface area contributed by atoms with Crippen LogP contribution in [0.5, 0.6) is 0 Å². The molecule has 0 saturated heterocycles. The molecule has 0 radical (unpaired) electrons. The molecule has 0 heterocycles. The molecule has 0 rings (SSSR count). The van der Waals surface area contributed by atoms with E-state index >= 15 is 0 Å². The first kappa shape index (κ1) is 11.6. The molecule has 0 aliphatic rings. The lowest BCUT2D eigenvalue weighted by Gasteiger charge is -2.16. The standard InChI is InChI=1S/C10H20O2/c1-5-7-8(3)12-9(4)10(11)6-2/h8-9H,5-7H2,1-4H3. The Morgan fingerprint density at radius 1 is 1.33 bits per heavy atom. The van der Waals surface area contributed by atoms with E-state index < -0.39 is 0 Å². The fourth-order valence-electron chi connectivity index (χ4n) is 1.19. The second-order valence-electron chi connectivity index (χ2n) is 3.20. The Bertz CT molecular complexity index is 132. The summed E-state index contributed by atoms with van der Waals surface area (Å²) in [5.41, 5.74) is 0. The number of ether oxygens (including phenoxy) is 1. The van der Waals surface area contributed by atoms with Crippen LogP contribution in [0, 0.1) is 0 Å². The van der Waals surface area contributed by atoms with Crippen molar-refractivity contribution >= 4 is 5.78 Å². The van der Waals surface area contributed by atoms with E-state index in [2.05, 4.69) is 6.92 Å². The molecular weight excluding hydrogens is 152 g/mol. The fourth-order valence-corrected chi connectivity index (χ4v) is 1.19. The van der Waals surface area contributed by atoms with Gasteiger partial charge in [-0.05, 0) is 20.3 Å². The zero-order valence-corrected chi connectivity index (χ0v) is 8.59. The fraction of sp³-hybridized carbons (Fsp3) is 0.900. The second-order valence-corrected chi connectivity index (χ2v) is 3.20. The Kier molecular flexibility index (Phi) is 5.99. The number of carbonyl (C=O) groups is 1. The van der Waals surface area contributed by atoms with Gasteiger partial charge in [0.2, 0.25) is 0 Å². The molecule has 2 atom stereocenters. The Balaban J connectivity index is 3.67. The SMILES string of the molecule is CCCC(C)OC(C)C(=O)CC. The molecule has 0 aliphatic carbocycles. The molecular formula is C10H20O2. The third kappa shape index (κ3) is 4.50. The van der Waals surface area contributed by atoms with Crippen LogP contribution < -0.4 is 0 Å². The lowest BCUT2D eigenvalue weighted by Crippen LogP contribution is -2.24. The first-order valence-corrected chi connectivity index (χ1v) is 4.79. The van der Waals surface area contributed by atoms with Gasteiger partial charge in [0, 0.05) is 6.42 Å². The van der Waals surface area contributed by atoms with Crippen LogP contribution in [-0.2, 0) is 9.53 Å². The van der Waals surface area contributed by atoms with Gasteiger partial charge >= 0.3 is 0 Å². The molecule has 0 N–H and O–H groups in total. The summed E-state index contributed by atoms with van der Waals surface area (Å²) in [6.45, 7) is 7.83. The van der Waals surface area contributed by atoms with Crippen LogP contribution >= 0.6 is 0 Å². The van der Waals surface area contributed by atoms with Crippen LogP contribution in [0.1, 0.15) is 47.0 Å². The molecule has 0 saturated carbocycles. The third-order valence-electron chi connectivity index (χ3n) is 1.93. The summed E-state index contributed by atoms with van der Waals surface area (Å²) in [7, 11) is 0. The van der Waals surface area contributed by atoms with E-state index in [1.807, 2.05) is 20.8 Å². The summed E-state index contributed by atoms with van der Waals surface area (Å²) in [6, 6.07) is 0. The second kappa shape index (κ2) is 6.18. The van der Waals surface area contributed by atoms with E-state index in [-0.39, 0.29) is 18.0 Å². The highest BCUT2D eigenvalue weighted by molar-refractivity contribution is 5.82. The lowest BCUT2D eigenvalue weighted by molar-refractivity contribution is -0.132. The van der Waals surface area contributed by atoms with Crippen molar-refractivity contribution in [3.63, 3.8) is 0 Å². The van der Waals surface area contributed by atoms with Gasteiger partial charge in [0.25, 0.3) is 0 Å². The van der Waals surface area contributed by atoms with E-state index in [0.717, 1.165) is 12.8 Å². The predicted molar refractivity (Wildman–Crippen MR) is 50.2 cm³/mol. The summed E-state index contributed by atoms with van der Waals surface area (Å²) in [5.74, 6) is 0.193. The molecule has 0 amide bonds. The Labute approximate surface area is 75.3 Å². The maximum atomic E-state index is 11.1. The van der Waals surface area contributed by atoms with Crippen LogP contribution in [0.2, 0.25) is 0 Å². The van der Waals surface area contributed by atoms with E-state index in [4.69, 9.17) is 4.74 Å². The minimum atomic E-state index is -0.225. The first-order valence-electron chi connectivity index (χ1n) is 4.79. The molecule has 0 fully saturated rings. The van der Waals surface area contributed by atoms with Crippen molar-refractivity contribution in [1.29, 1.82) is 0 Å². The molecule has 0 spiro atoms. The van der Waals surface area contributed by atoms with Crippen molar-refractivity contribution in [3.05, 3.63) is 0 Å². The van der Waals surface area contributed by atoms with Crippen molar-refractivity contribution in [3.8, 4) is 0 Å². The number of hydrogen-bond acceptors (Lipinski definition) is 2. The predicted octanol–water partition coefficient (Wildman–Crippen LogP) is 2.56. The average molecular weight is 172 g/mol. The quantitative estimate of drug-likeness (QED) is 0.615. The molecule has 0 aromatic heterocycles. The number of rotatable bonds is 6. The lowest BCUT2D eigenvalue weighted by atomic mass is 10.2. The minimum Gasteiger partial charge on any atom is -0.368 e. The van der Waals surface area contributed by atoms with Crippen molar-refractivity contribution < 1.29 is 9.53 Å². The number of ketones is 1. The maximum absolute atomic E-state index is 11.1. The molecule has 0 aromatic carbocycles. The van der Waals surface area contributed by atoms with Gasteiger partial charge in [0.15, 0.2) is 5.78 Å². The van der Waals surface area contributed by atoms with Crippen LogP contribution in [0.4, 0.5) is 0 Å². The van der Waals surface area contributed by atoms with E-state index in [0.29, 0.717) is 6.42 Å². The number of carbonyl (C=O) groups excluding carboxylic acids is 1. The average Bonchev–Trinajstić information content (AvgIpc) is 2.03. The Hall–Kier alpha value is -0.370. The highest BCUT2D eigenvalue weighted by Crippen LogP contribution is 2.06. The van der Waals surface area contributed by atoms with E-state index in [1.165, 1.54) is 0 Å². The van der Waals surface area contributed by atoms with Gasteiger partial charge in [-0.25, -0.2) is 0 Å². The van der Waals surface area contributed by atoms with Gasteiger partial charge in [-0.2, -0.15) is 0 Å². The van der Waals surface area contributed by atoms with Crippen molar-refractivity contribution in [1.82, 2.24) is 0 Å². The smallest absolute Gasteiger partial charge is 0.161 e. The Morgan fingerprint density at radius 3 is 2.33 bits per heavy atom. The van der Waals surface area contributed by atoms with E-state index in [1.54, 1.807) is 0 Å². The first-order chi connectivity index (χ1) is 5.61. The number of Topliss-reactive ketones (excluding diaryl/α,β-unsaturated/α-hetero) is 1. The summed E-state index contributed by atoms with van der Waals surface area (Å²) in [6.07, 6.45) is 2.69. The molecule has 0 bridgehead atoms. The van der Waals surface area contributed by atoms with Gasteiger partial charge in [-0.15, -0.1) is 0 Å². The largest absolute Gasteiger partial charge is 0.368 e. The molecule has 12 heavy (non-hydrogen) atoms. The number of hydrogen-bond donors (Lipinski definition) is 0. The molecule has 0 aliphatic heterocycles. The third-order valence-corrected chi connectivity index (χ3v) is 1.93. The zero-order valence-electron chi connectivity index (χ0n) is 8.59. The molecule has 2 unspecified atom stereocenters. The summed E-state index contributed by atoms with van der Waals surface area (Å²) < 4.78 is 5.49. The summed E-state index contributed by atoms with van der Waals surface area (Å²) in [4.78, 5) is 11.1. The zero-order chi connectivity index (χ0) is 9.56. The van der Waals surface area contributed by atoms with Gasteiger partial charge in [-0.1, -0.05) is 20.3 Å². The summed E-state index contributed by atoms with van der Waals surface area (Å²) in [5, 5.41) is 0. The van der Waals surface area contributed by atoms with Crippen molar-refractivity contribution in [2.45, 2.75) is 59.2 Å². The normalized spacial score (nSPS) is 15.7. The van der Waals surface area contributed by atoms with Gasteiger partial charge < -0.3 is 4.74 Å². The minimum absolute atomic E-state index is 0.193. The molecule has 72 valence electrons. The highest BCUT2D eigenvalue weighted by atomic mass is 16.5. The molecule has 0 aromatic rings. The van der Waals surface area contributed by atoms with Crippen LogP contribution in [0.15, 0.2) is 0 Å². The van der Waals surface area contributed by atoms with E-state index in [9.17, 15) is 4.79 Å². The monoisotopic (exact) mass is 172 g/mol. The van der Waals surface area contributed by atoms with Crippen LogP contribution in [0.3, 0.4) is 0 Å². The molecule has 2 heteroatoms. The van der Waals surface area contributed by atoms with Gasteiger partial charge in [-0.3, -0.25) is 4.79 Å². The van der Waals surface area contributed by atoms with Gasteiger partial charge in [0.05, 0.1) is 6.10 Å².